The van der Waals surface area contributed by atoms with Crippen LogP contribution < -0.4 is 10.1 Å². The lowest BCUT2D eigenvalue weighted by atomic mass is 10.2. The van der Waals surface area contributed by atoms with E-state index in [-0.39, 0.29) is 0 Å². The van der Waals surface area contributed by atoms with Crippen LogP contribution in [0.2, 0.25) is 5.02 Å². The van der Waals surface area contributed by atoms with Gasteiger partial charge in [0.2, 0.25) is 5.88 Å². The van der Waals surface area contributed by atoms with E-state index in [2.05, 4.69) is 20.2 Å². The Bertz CT molecular complexity index is 854. The molecule has 5 nitrogen and oxygen atoms in total. The van der Waals surface area contributed by atoms with Crippen molar-refractivity contribution in [3.63, 3.8) is 0 Å². The lowest BCUT2D eigenvalue weighted by Gasteiger charge is -2.12. The molecule has 1 aromatic carbocycles. The molecule has 2 heterocycles. The molecule has 0 aliphatic carbocycles. The number of pyridine rings is 2. The molecule has 3 aromatic rings. The quantitative estimate of drug-likeness (QED) is 0.697. The first-order valence-electron chi connectivity index (χ1n) is 8.12. The van der Waals surface area contributed by atoms with Gasteiger partial charge in [-0.3, -0.25) is 4.98 Å². The first-order chi connectivity index (χ1) is 12.1. The summed E-state index contributed by atoms with van der Waals surface area (Å²) >= 11 is 6.04. The zero-order chi connectivity index (χ0) is 17.6. The number of fused-ring (bicyclic) bond motifs is 1. The summed E-state index contributed by atoms with van der Waals surface area (Å²) in [5.41, 5.74) is 3.00. The summed E-state index contributed by atoms with van der Waals surface area (Å²) in [6.45, 7) is 2.15. The summed E-state index contributed by atoms with van der Waals surface area (Å²) in [6, 6.07) is 11.6. The minimum Gasteiger partial charge on any atom is -0.476 e. The van der Waals surface area contributed by atoms with Crippen LogP contribution in [-0.2, 0) is 6.54 Å². The molecule has 25 heavy (non-hydrogen) atoms. The third-order valence-corrected chi connectivity index (χ3v) is 4.01. The van der Waals surface area contributed by atoms with Crippen molar-refractivity contribution in [2.24, 2.45) is 0 Å². The normalized spacial score (nSPS) is 11.0. The van der Waals surface area contributed by atoms with Crippen molar-refractivity contribution in [2.45, 2.75) is 6.54 Å². The SMILES string of the molecule is CN(C)CCOc1cc(CNc2ccnc3cc(Cl)ccc23)ccn1. The van der Waals surface area contributed by atoms with Gasteiger partial charge in [0.25, 0.3) is 0 Å². The van der Waals surface area contributed by atoms with Gasteiger partial charge in [-0.25, -0.2) is 4.98 Å². The molecule has 0 saturated heterocycles. The fourth-order valence-corrected chi connectivity index (χ4v) is 2.61. The summed E-state index contributed by atoms with van der Waals surface area (Å²) in [5.74, 6) is 0.646. The van der Waals surface area contributed by atoms with Crippen LogP contribution in [-0.4, -0.2) is 42.1 Å². The first kappa shape index (κ1) is 17.5. The van der Waals surface area contributed by atoms with Gasteiger partial charge in [-0.2, -0.15) is 0 Å². The minimum atomic E-state index is 0.618. The number of hydrogen-bond donors (Lipinski definition) is 1. The van der Waals surface area contributed by atoms with Crippen LogP contribution in [0.3, 0.4) is 0 Å². The molecule has 2 aromatic heterocycles. The summed E-state index contributed by atoms with van der Waals surface area (Å²) in [6.07, 6.45) is 3.55. The molecule has 130 valence electrons. The van der Waals surface area contributed by atoms with E-state index < -0.39 is 0 Å². The molecule has 0 bridgehead atoms. The number of anilines is 1. The molecule has 3 rings (SSSR count). The van der Waals surface area contributed by atoms with Gasteiger partial charge in [0, 0.05) is 47.6 Å². The Labute approximate surface area is 152 Å². The smallest absolute Gasteiger partial charge is 0.213 e. The Kier molecular flexibility index (Phi) is 5.68. The summed E-state index contributed by atoms with van der Waals surface area (Å²) in [5, 5.41) is 5.18. The molecule has 6 heteroatoms. The standard InChI is InChI=1S/C19H21ClN4O/c1-24(2)9-10-25-19-11-14(5-7-22-19)13-23-17-6-8-21-18-12-15(20)3-4-16(17)18/h3-8,11-12H,9-10,13H2,1-2H3,(H,21,23). The van der Waals surface area contributed by atoms with Gasteiger partial charge in [-0.1, -0.05) is 11.6 Å². The molecule has 0 fully saturated rings. The molecular weight excluding hydrogens is 336 g/mol. The van der Waals surface area contributed by atoms with E-state index in [9.17, 15) is 0 Å². The average Bonchev–Trinajstić information content (AvgIpc) is 2.59. The minimum absolute atomic E-state index is 0.618. The molecule has 1 N–H and O–H groups in total. The van der Waals surface area contributed by atoms with Crippen LogP contribution >= 0.6 is 11.6 Å². The number of halogens is 1. The predicted octanol–water partition coefficient (Wildman–Crippen LogP) is 3.84. The third-order valence-electron chi connectivity index (χ3n) is 3.78. The lowest BCUT2D eigenvalue weighted by Crippen LogP contribution is -2.19. The number of nitrogens with zero attached hydrogens (tertiary/aromatic N) is 3. The number of nitrogens with one attached hydrogen (secondary N) is 1. The molecular formula is C19H21ClN4O. The molecule has 0 aliphatic heterocycles. The predicted molar refractivity (Wildman–Crippen MR) is 102 cm³/mol. The van der Waals surface area contributed by atoms with E-state index in [1.807, 2.05) is 50.5 Å². The van der Waals surface area contributed by atoms with Crippen molar-refractivity contribution in [1.29, 1.82) is 0 Å². The lowest BCUT2D eigenvalue weighted by molar-refractivity contribution is 0.253. The number of hydrogen-bond acceptors (Lipinski definition) is 5. The maximum Gasteiger partial charge on any atom is 0.213 e. The molecule has 0 aliphatic rings. The first-order valence-corrected chi connectivity index (χ1v) is 8.50. The van der Waals surface area contributed by atoms with Gasteiger partial charge < -0.3 is 15.0 Å². The van der Waals surface area contributed by atoms with Crippen molar-refractivity contribution in [2.75, 3.05) is 32.6 Å². The van der Waals surface area contributed by atoms with E-state index in [4.69, 9.17) is 16.3 Å². The van der Waals surface area contributed by atoms with Gasteiger partial charge in [0.1, 0.15) is 6.61 Å². The topological polar surface area (TPSA) is 50.3 Å². The van der Waals surface area contributed by atoms with Crippen LogP contribution in [0.1, 0.15) is 5.56 Å². The Morgan fingerprint density at radius 2 is 1.92 bits per heavy atom. The second kappa shape index (κ2) is 8.14. The van der Waals surface area contributed by atoms with Crippen molar-refractivity contribution < 1.29 is 4.74 Å². The molecule has 0 saturated carbocycles. The van der Waals surface area contributed by atoms with Gasteiger partial charge in [-0.05, 0) is 50.0 Å². The van der Waals surface area contributed by atoms with Crippen LogP contribution in [0.15, 0.2) is 48.8 Å². The van der Waals surface area contributed by atoms with Crippen molar-refractivity contribution >= 4 is 28.2 Å². The highest BCUT2D eigenvalue weighted by molar-refractivity contribution is 6.31. The monoisotopic (exact) mass is 356 g/mol. The Hall–Kier alpha value is -2.37. The molecule has 0 amide bonds. The second-order valence-corrected chi connectivity index (χ2v) is 6.46. The number of aromatic nitrogens is 2. The fraction of sp³-hybridized carbons (Fsp3) is 0.263. The van der Waals surface area contributed by atoms with Crippen LogP contribution in [0.5, 0.6) is 5.88 Å². The van der Waals surface area contributed by atoms with Crippen LogP contribution in [0.25, 0.3) is 10.9 Å². The molecule has 0 spiro atoms. The molecule has 0 radical (unpaired) electrons. The number of likely N-dealkylation sites (N-methyl/N-ethyl adjacent to an activating group) is 1. The van der Waals surface area contributed by atoms with Gasteiger partial charge in [0.05, 0.1) is 5.52 Å². The highest BCUT2D eigenvalue weighted by atomic mass is 35.5. The van der Waals surface area contributed by atoms with Crippen molar-refractivity contribution in [1.82, 2.24) is 14.9 Å². The van der Waals surface area contributed by atoms with Gasteiger partial charge in [-0.15, -0.1) is 0 Å². The zero-order valence-corrected chi connectivity index (χ0v) is 15.1. The maximum absolute atomic E-state index is 6.04. The summed E-state index contributed by atoms with van der Waals surface area (Å²) in [7, 11) is 4.03. The van der Waals surface area contributed by atoms with E-state index >= 15 is 0 Å². The number of benzene rings is 1. The second-order valence-electron chi connectivity index (χ2n) is 6.03. The van der Waals surface area contributed by atoms with E-state index in [0.717, 1.165) is 28.7 Å². The highest BCUT2D eigenvalue weighted by Gasteiger charge is 2.04. The largest absolute Gasteiger partial charge is 0.476 e. The van der Waals surface area contributed by atoms with Crippen LogP contribution in [0, 0.1) is 0 Å². The van der Waals surface area contributed by atoms with Gasteiger partial charge >= 0.3 is 0 Å². The Balaban J connectivity index is 1.68. The van der Waals surface area contributed by atoms with Gasteiger partial charge in [0.15, 0.2) is 0 Å². The van der Waals surface area contributed by atoms with Crippen molar-refractivity contribution in [3.8, 4) is 5.88 Å². The Morgan fingerprint density at radius 3 is 2.76 bits per heavy atom. The highest BCUT2D eigenvalue weighted by Crippen LogP contribution is 2.25. The number of ether oxygens (including phenoxy) is 1. The third kappa shape index (κ3) is 4.81. The summed E-state index contributed by atoms with van der Waals surface area (Å²) < 4.78 is 5.69. The average molecular weight is 357 g/mol. The fourth-order valence-electron chi connectivity index (χ4n) is 2.44. The zero-order valence-electron chi connectivity index (χ0n) is 14.4. The number of rotatable bonds is 7. The van der Waals surface area contributed by atoms with E-state index in [1.165, 1.54) is 0 Å². The maximum atomic E-state index is 6.04. The van der Waals surface area contributed by atoms with E-state index in [1.54, 1.807) is 12.4 Å². The molecule has 0 unspecified atom stereocenters. The van der Waals surface area contributed by atoms with E-state index in [0.29, 0.717) is 24.1 Å². The van der Waals surface area contributed by atoms with Crippen LogP contribution in [0.4, 0.5) is 5.69 Å². The summed E-state index contributed by atoms with van der Waals surface area (Å²) in [4.78, 5) is 10.7. The van der Waals surface area contributed by atoms with Crippen molar-refractivity contribution in [3.05, 3.63) is 59.4 Å². The molecule has 0 atom stereocenters. The Morgan fingerprint density at radius 1 is 1.08 bits per heavy atom.